The van der Waals surface area contributed by atoms with Gasteiger partial charge in [0.1, 0.15) is 11.3 Å². The van der Waals surface area contributed by atoms with Crippen LogP contribution < -0.4 is 5.32 Å². The number of hydrogen-bond donors (Lipinski definition) is 1. The number of hydrogen-bond acceptors (Lipinski definition) is 6. The molecule has 0 unspecified atom stereocenters. The number of benzene rings is 3. The quantitative estimate of drug-likeness (QED) is 0.194. The average molecular weight is 614 g/mol. The second-order valence-corrected chi connectivity index (χ2v) is 12.7. The third kappa shape index (κ3) is 5.48. The van der Waals surface area contributed by atoms with Gasteiger partial charge in [0.15, 0.2) is 5.65 Å². The van der Waals surface area contributed by atoms with Crippen molar-refractivity contribution in [3.63, 3.8) is 0 Å². The summed E-state index contributed by atoms with van der Waals surface area (Å²) in [5.41, 5.74) is 6.08. The molecule has 0 aliphatic heterocycles. The summed E-state index contributed by atoms with van der Waals surface area (Å²) in [6.07, 6.45) is 8.19. The van der Waals surface area contributed by atoms with Gasteiger partial charge in [-0.3, -0.25) is 9.97 Å². The summed E-state index contributed by atoms with van der Waals surface area (Å²) >= 11 is 0. The van der Waals surface area contributed by atoms with Crippen molar-refractivity contribution in [1.29, 1.82) is 0 Å². The van der Waals surface area contributed by atoms with E-state index in [1.165, 1.54) is 16.2 Å². The van der Waals surface area contributed by atoms with Gasteiger partial charge in [-0.15, -0.1) is 0 Å². The number of rotatable bonds is 8. The number of nitrogens with one attached hydrogen (secondary N) is 1. The fourth-order valence-corrected chi connectivity index (χ4v) is 6.87. The van der Waals surface area contributed by atoms with E-state index < -0.39 is 15.8 Å². The Kier molecular flexibility index (Phi) is 7.40. The van der Waals surface area contributed by atoms with Crippen molar-refractivity contribution in [3.05, 3.63) is 144 Å². The molecule has 0 aliphatic carbocycles. The minimum Gasteiger partial charge on any atom is -0.309 e. The topological polar surface area (TPSA) is 89.8 Å². The molecule has 4 heterocycles. The summed E-state index contributed by atoms with van der Waals surface area (Å²) < 4.78 is 44.9. The number of fused-ring (bicyclic) bond motifs is 2. The van der Waals surface area contributed by atoms with E-state index >= 15 is 4.39 Å². The van der Waals surface area contributed by atoms with Gasteiger partial charge in [-0.05, 0) is 71.6 Å². The van der Waals surface area contributed by atoms with E-state index in [2.05, 4.69) is 20.3 Å². The first-order valence-electron chi connectivity index (χ1n) is 14.4. The molecule has 3 aromatic carbocycles. The molecule has 45 heavy (non-hydrogen) atoms. The van der Waals surface area contributed by atoms with Gasteiger partial charge >= 0.3 is 0 Å². The Hall–Kier alpha value is -5.25. The van der Waals surface area contributed by atoms with Gasteiger partial charge < -0.3 is 5.32 Å². The molecule has 0 fully saturated rings. The molecule has 0 saturated carbocycles. The van der Waals surface area contributed by atoms with E-state index in [1.807, 2.05) is 67.6 Å². The highest BCUT2D eigenvalue weighted by Crippen LogP contribution is 2.37. The number of aryl methyl sites for hydroxylation is 1. The minimum absolute atomic E-state index is 0.139. The van der Waals surface area contributed by atoms with Crippen LogP contribution in [0, 0.1) is 12.7 Å². The van der Waals surface area contributed by atoms with E-state index in [4.69, 9.17) is 0 Å². The maximum Gasteiger partial charge on any atom is 0.269 e. The third-order valence-corrected chi connectivity index (χ3v) is 9.49. The predicted octanol–water partition coefficient (Wildman–Crippen LogP) is 7.29. The molecule has 0 aliphatic rings. The van der Waals surface area contributed by atoms with Gasteiger partial charge in [0.25, 0.3) is 10.0 Å². The Balaban J connectivity index is 1.39. The molecule has 0 amide bonds. The Morgan fingerprint density at radius 2 is 1.56 bits per heavy atom. The predicted molar refractivity (Wildman–Crippen MR) is 174 cm³/mol. The van der Waals surface area contributed by atoms with E-state index in [0.717, 1.165) is 27.8 Å². The lowest BCUT2D eigenvalue weighted by molar-refractivity contribution is 0.588. The van der Waals surface area contributed by atoms with Crippen LogP contribution in [0.25, 0.3) is 44.2 Å². The van der Waals surface area contributed by atoms with Crippen molar-refractivity contribution in [2.75, 3.05) is 0 Å². The van der Waals surface area contributed by atoms with Crippen LogP contribution in [0.3, 0.4) is 0 Å². The molecular formula is C36H28FN5O2S. The lowest BCUT2D eigenvalue weighted by atomic mass is 9.97. The first-order valence-corrected chi connectivity index (χ1v) is 15.9. The van der Waals surface area contributed by atoms with Gasteiger partial charge in [0.05, 0.1) is 4.90 Å². The van der Waals surface area contributed by atoms with Gasteiger partial charge in [0.2, 0.25) is 0 Å². The highest BCUT2D eigenvalue weighted by atomic mass is 32.2. The molecule has 0 atom stereocenters. The summed E-state index contributed by atoms with van der Waals surface area (Å²) in [6.45, 7) is 3.07. The Morgan fingerprint density at radius 3 is 2.33 bits per heavy atom. The zero-order valence-electron chi connectivity index (χ0n) is 24.4. The van der Waals surface area contributed by atoms with Gasteiger partial charge in [0, 0.05) is 66.0 Å². The number of halogens is 1. The fourth-order valence-electron chi connectivity index (χ4n) is 5.54. The van der Waals surface area contributed by atoms with Crippen molar-refractivity contribution in [2.24, 2.45) is 0 Å². The first kappa shape index (κ1) is 28.5. The molecule has 0 saturated heterocycles. The minimum atomic E-state index is -4.01. The van der Waals surface area contributed by atoms with Crippen molar-refractivity contribution in [3.8, 4) is 22.3 Å². The summed E-state index contributed by atoms with van der Waals surface area (Å²) in [7, 11) is -4.01. The zero-order chi connectivity index (χ0) is 31.0. The van der Waals surface area contributed by atoms with E-state index in [0.29, 0.717) is 35.0 Å². The molecule has 0 spiro atoms. The van der Waals surface area contributed by atoms with E-state index in [-0.39, 0.29) is 16.1 Å². The van der Waals surface area contributed by atoms with Gasteiger partial charge in [-0.2, -0.15) is 0 Å². The summed E-state index contributed by atoms with van der Waals surface area (Å²) in [4.78, 5) is 13.3. The number of aromatic nitrogens is 4. The lowest BCUT2D eigenvalue weighted by Crippen LogP contribution is -2.14. The summed E-state index contributed by atoms with van der Waals surface area (Å²) in [5.74, 6) is -0.510. The Morgan fingerprint density at radius 1 is 0.756 bits per heavy atom. The molecule has 7 aromatic rings. The second kappa shape index (κ2) is 11.7. The molecule has 9 heteroatoms. The normalized spacial score (nSPS) is 11.8. The maximum atomic E-state index is 15.7. The van der Waals surface area contributed by atoms with Crippen LogP contribution in [0.15, 0.2) is 127 Å². The molecule has 0 bridgehead atoms. The van der Waals surface area contributed by atoms with Crippen molar-refractivity contribution in [2.45, 2.75) is 24.9 Å². The molecule has 0 radical (unpaired) electrons. The highest BCUT2D eigenvalue weighted by molar-refractivity contribution is 7.90. The highest BCUT2D eigenvalue weighted by Gasteiger charge is 2.24. The number of nitrogens with zero attached hydrogens (tertiary/aromatic N) is 4. The zero-order valence-corrected chi connectivity index (χ0v) is 25.2. The SMILES string of the molecule is Cc1ccc(S(=O)(=O)n2cc(-c3cc(F)c4nccc(-c5cccnc5)c4c3)c3cc(CNCc4ccccc4)cnc32)cc1. The fraction of sp³-hybridized carbons (Fsp3) is 0.0833. The van der Waals surface area contributed by atoms with Crippen LogP contribution in [0.4, 0.5) is 4.39 Å². The Labute approximate surface area is 260 Å². The van der Waals surface area contributed by atoms with Crippen LogP contribution >= 0.6 is 0 Å². The van der Waals surface area contributed by atoms with Crippen LogP contribution in [0.5, 0.6) is 0 Å². The summed E-state index contributed by atoms with van der Waals surface area (Å²) in [5, 5.41) is 4.62. The largest absolute Gasteiger partial charge is 0.309 e. The van der Waals surface area contributed by atoms with Crippen LogP contribution in [0.2, 0.25) is 0 Å². The van der Waals surface area contributed by atoms with E-state index in [1.54, 1.807) is 49.1 Å². The second-order valence-electron chi connectivity index (χ2n) is 10.9. The van der Waals surface area contributed by atoms with Crippen LogP contribution in [-0.2, 0) is 23.1 Å². The lowest BCUT2D eigenvalue weighted by Gasteiger charge is -2.10. The average Bonchev–Trinajstić information content (AvgIpc) is 3.45. The molecule has 1 N–H and O–H groups in total. The first-order chi connectivity index (χ1) is 21.9. The smallest absolute Gasteiger partial charge is 0.269 e. The van der Waals surface area contributed by atoms with Gasteiger partial charge in [-0.1, -0.05) is 54.1 Å². The molecular weight excluding hydrogens is 585 g/mol. The maximum absolute atomic E-state index is 15.7. The van der Waals surface area contributed by atoms with Crippen LogP contribution in [-0.4, -0.2) is 27.3 Å². The van der Waals surface area contributed by atoms with E-state index in [9.17, 15) is 8.42 Å². The van der Waals surface area contributed by atoms with Crippen LogP contribution in [0.1, 0.15) is 16.7 Å². The van der Waals surface area contributed by atoms with Crippen molar-refractivity contribution < 1.29 is 12.8 Å². The summed E-state index contributed by atoms with van der Waals surface area (Å²) in [6, 6.07) is 27.5. The molecule has 222 valence electrons. The monoisotopic (exact) mass is 613 g/mol. The third-order valence-electron chi connectivity index (χ3n) is 7.83. The van der Waals surface area contributed by atoms with Crippen molar-refractivity contribution >= 4 is 32.0 Å². The Bertz CT molecular complexity index is 2270. The molecule has 7 rings (SSSR count). The van der Waals surface area contributed by atoms with Crippen molar-refractivity contribution in [1.82, 2.24) is 24.2 Å². The standard InChI is InChI=1S/C36H28FN5O2S/c1-24-9-11-29(12-10-24)45(43,44)42-23-33(32-16-26(21-41-36(32)42)20-39-19-25-6-3-2-4-7-25)28-17-31-30(27-8-5-14-38-22-27)13-15-40-35(31)34(37)18-28/h2-18,21-23,39H,19-20H2,1H3. The number of pyridine rings is 3. The molecule has 7 nitrogen and oxygen atoms in total. The van der Waals surface area contributed by atoms with Gasteiger partial charge in [-0.25, -0.2) is 21.8 Å². The molecule has 4 aromatic heterocycles.